The van der Waals surface area contributed by atoms with Crippen molar-refractivity contribution in [3.8, 4) is 34.5 Å². The summed E-state index contributed by atoms with van der Waals surface area (Å²) in [5.74, 6) is 4.80. The lowest BCUT2D eigenvalue weighted by molar-refractivity contribution is -0.117. The maximum Gasteiger partial charge on any atom is 0.231 e. The zero-order chi connectivity index (χ0) is 22.6. The number of nitrogens with zero attached hydrogens (tertiary/aromatic N) is 1. The third-order valence-corrected chi connectivity index (χ3v) is 7.85. The standard InChI is InChI=1S/C26H31NO6/c1-28-22-11-16(12-23(29-2)25(22)30-3)24-17-13-20-21(32-15-31-20)14-19(17)33-26(8-6-7-18(24)26)27-9-4-5-10-27/h11-14,18,24H,4-10,15H2,1-3H3/t18-,24-,26-/m1/s1. The van der Waals surface area contributed by atoms with Gasteiger partial charge < -0.3 is 28.4 Å². The number of benzene rings is 2. The van der Waals surface area contributed by atoms with Crippen LogP contribution in [0.3, 0.4) is 0 Å². The Morgan fingerprint density at radius 1 is 0.848 bits per heavy atom. The van der Waals surface area contributed by atoms with Gasteiger partial charge in [-0.3, -0.25) is 4.90 Å². The summed E-state index contributed by atoms with van der Waals surface area (Å²) in [4.78, 5) is 2.59. The molecule has 7 nitrogen and oxygen atoms in total. The zero-order valence-electron chi connectivity index (χ0n) is 19.5. The van der Waals surface area contributed by atoms with Gasteiger partial charge in [-0.05, 0) is 49.4 Å². The fourth-order valence-electron chi connectivity index (χ4n) is 6.46. The molecule has 0 radical (unpaired) electrons. The van der Waals surface area contributed by atoms with E-state index in [4.69, 9.17) is 28.4 Å². The summed E-state index contributed by atoms with van der Waals surface area (Å²) in [6, 6.07) is 8.32. The maximum absolute atomic E-state index is 6.97. The van der Waals surface area contributed by atoms with E-state index >= 15 is 0 Å². The van der Waals surface area contributed by atoms with Crippen molar-refractivity contribution in [2.75, 3.05) is 41.2 Å². The van der Waals surface area contributed by atoms with Crippen molar-refractivity contribution in [3.05, 3.63) is 35.4 Å². The van der Waals surface area contributed by atoms with E-state index in [2.05, 4.69) is 23.1 Å². The molecule has 0 amide bonds. The van der Waals surface area contributed by atoms with E-state index in [0.29, 0.717) is 23.2 Å². The molecule has 33 heavy (non-hydrogen) atoms. The molecule has 0 unspecified atom stereocenters. The highest BCUT2D eigenvalue weighted by atomic mass is 16.7. The summed E-state index contributed by atoms with van der Waals surface area (Å²) < 4.78 is 35.5. The van der Waals surface area contributed by atoms with Crippen LogP contribution in [0.4, 0.5) is 0 Å². The molecule has 3 aliphatic heterocycles. The lowest BCUT2D eigenvalue weighted by Crippen LogP contribution is -2.58. The zero-order valence-corrected chi connectivity index (χ0v) is 19.5. The van der Waals surface area contributed by atoms with Gasteiger partial charge >= 0.3 is 0 Å². The summed E-state index contributed by atoms with van der Waals surface area (Å²) in [5, 5.41) is 0. The Kier molecular flexibility index (Phi) is 4.98. The minimum atomic E-state index is -0.303. The van der Waals surface area contributed by atoms with Crippen LogP contribution in [0.1, 0.15) is 49.1 Å². The van der Waals surface area contributed by atoms with Crippen LogP contribution in [0.5, 0.6) is 34.5 Å². The van der Waals surface area contributed by atoms with E-state index in [0.717, 1.165) is 60.7 Å². The molecule has 6 rings (SSSR count). The minimum Gasteiger partial charge on any atom is -0.493 e. The average molecular weight is 454 g/mol. The Labute approximate surface area is 194 Å². The van der Waals surface area contributed by atoms with Crippen LogP contribution < -0.4 is 28.4 Å². The van der Waals surface area contributed by atoms with Crippen LogP contribution in [-0.2, 0) is 0 Å². The summed E-state index contributed by atoms with van der Waals surface area (Å²) >= 11 is 0. The van der Waals surface area contributed by atoms with Gasteiger partial charge in [0, 0.05) is 43.0 Å². The smallest absolute Gasteiger partial charge is 0.231 e. The molecular formula is C26H31NO6. The third kappa shape index (κ3) is 3.05. The van der Waals surface area contributed by atoms with E-state index in [1.165, 1.54) is 12.8 Å². The van der Waals surface area contributed by atoms with E-state index in [-0.39, 0.29) is 18.4 Å². The van der Waals surface area contributed by atoms with Gasteiger partial charge in [0.1, 0.15) is 5.75 Å². The van der Waals surface area contributed by atoms with Gasteiger partial charge in [-0.25, -0.2) is 0 Å². The SMILES string of the molecule is COc1cc([C@@H]2c3cc4c(cc3O[C@]3(N5CCCC5)CCC[C@H]23)OCO4)cc(OC)c1OC. The Hall–Kier alpha value is -2.80. The first-order chi connectivity index (χ1) is 16.2. The van der Waals surface area contributed by atoms with Crippen LogP contribution in [-0.4, -0.2) is 51.8 Å². The summed E-state index contributed by atoms with van der Waals surface area (Å²) in [6.45, 7) is 2.41. The molecule has 1 saturated heterocycles. The van der Waals surface area contributed by atoms with Crippen molar-refractivity contribution in [1.29, 1.82) is 0 Å². The quantitative estimate of drug-likeness (QED) is 0.658. The fraction of sp³-hybridized carbons (Fsp3) is 0.538. The van der Waals surface area contributed by atoms with Gasteiger partial charge in [-0.15, -0.1) is 0 Å². The van der Waals surface area contributed by atoms with Crippen LogP contribution in [0.15, 0.2) is 24.3 Å². The number of hydrogen-bond acceptors (Lipinski definition) is 7. The van der Waals surface area contributed by atoms with Gasteiger partial charge in [-0.1, -0.05) is 0 Å². The highest BCUT2D eigenvalue weighted by Crippen LogP contribution is 2.59. The molecule has 0 bridgehead atoms. The summed E-state index contributed by atoms with van der Waals surface area (Å²) in [6.07, 6.45) is 5.72. The van der Waals surface area contributed by atoms with Crippen molar-refractivity contribution in [3.63, 3.8) is 0 Å². The molecular weight excluding hydrogens is 422 g/mol. The molecule has 2 aromatic carbocycles. The maximum atomic E-state index is 6.97. The molecule has 3 heterocycles. The second-order valence-electron chi connectivity index (χ2n) is 9.32. The lowest BCUT2D eigenvalue weighted by Gasteiger charge is -2.50. The molecule has 0 aromatic heterocycles. The molecule has 4 aliphatic rings. The molecule has 0 N–H and O–H groups in total. The predicted octanol–water partition coefficient (Wildman–Crippen LogP) is 4.56. The van der Waals surface area contributed by atoms with Crippen molar-refractivity contribution in [1.82, 2.24) is 4.90 Å². The van der Waals surface area contributed by atoms with E-state index < -0.39 is 0 Å². The monoisotopic (exact) mass is 453 g/mol. The molecule has 0 spiro atoms. The number of ether oxygens (including phenoxy) is 6. The predicted molar refractivity (Wildman–Crippen MR) is 122 cm³/mol. The molecule has 1 saturated carbocycles. The van der Waals surface area contributed by atoms with E-state index in [1.807, 2.05) is 6.07 Å². The Morgan fingerprint density at radius 3 is 2.21 bits per heavy atom. The highest BCUT2D eigenvalue weighted by Gasteiger charge is 2.57. The topological polar surface area (TPSA) is 58.6 Å². The highest BCUT2D eigenvalue weighted by molar-refractivity contribution is 5.60. The van der Waals surface area contributed by atoms with Gasteiger partial charge in [0.05, 0.1) is 21.3 Å². The second kappa shape index (κ2) is 7.90. The number of likely N-dealkylation sites (tertiary alicyclic amines) is 1. The van der Waals surface area contributed by atoms with Gasteiger partial charge in [0.15, 0.2) is 28.7 Å². The van der Waals surface area contributed by atoms with Crippen LogP contribution in [0.2, 0.25) is 0 Å². The first-order valence-corrected chi connectivity index (χ1v) is 11.9. The molecule has 1 aliphatic carbocycles. The van der Waals surface area contributed by atoms with Crippen molar-refractivity contribution >= 4 is 0 Å². The minimum absolute atomic E-state index is 0.111. The van der Waals surface area contributed by atoms with Crippen molar-refractivity contribution in [2.45, 2.75) is 43.7 Å². The normalized spacial score (nSPS) is 27.6. The van der Waals surface area contributed by atoms with Gasteiger partial charge in [0.2, 0.25) is 12.5 Å². The second-order valence-corrected chi connectivity index (χ2v) is 9.32. The van der Waals surface area contributed by atoms with E-state index in [1.54, 1.807) is 21.3 Å². The number of fused-ring (bicyclic) bond motifs is 3. The number of hydrogen-bond donors (Lipinski definition) is 0. The molecule has 2 aromatic rings. The van der Waals surface area contributed by atoms with E-state index in [9.17, 15) is 0 Å². The molecule has 3 atom stereocenters. The Balaban J connectivity index is 1.56. The van der Waals surface area contributed by atoms with Crippen LogP contribution >= 0.6 is 0 Å². The Morgan fingerprint density at radius 2 is 1.55 bits per heavy atom. The van der Waals surface area contributed by atoms with Crippen LogP contribution in [0.25, 0.3) is 0 Å². The van der Waals surface area contributed by atoms with Crippen molar-refractivity contribution < 1.29 is 28.4 Å². The number of rotatable bonds is 5. The summed E-state index contributed by atoms with van der Waals surface area (Å²) in [7, 11) is 4.97. The molecule has 7 heteroatoms. The lowest BCUT2D eigenvalue weighted by atomic mass is 9.73. The fourth-order valence-corrected chi connectivity index (χ4v) is 6.46. The van der Waals surface area contributed by atoms with Gasteiger partial charge in [-0.2, -0.15) is 0 Å². The average Bonchev–Trinajstić information content (AvgIpc) is 3.60. The molecule has 2 fully saturated rings. The third-order valence-electron chi connectivity index (χ3n) is 7.85. The number of methoxy groups -OCH3 is 3. The Bertz CT molecular complexity index is 1040. The summed E-state index contributed by atoms with van der Waals surface area (Å²) in [5.41, 5.74) is 1.97. The first kappa shape index (κ1) is 20.8. The van der Waals surface area contributed by atoms with Gasteiger partial charge in [0.25, 0.3) is 0 Å². The molecule has 176 valence electrons. The van der Waals surface area contributed by atoms with Crippen LogP contribution in [0, 0.1) is 5.92 Å². The van der Waals surface area contributed by atoms with Crippen molar-refractivity contribution in [2.24, 2.45) is 5.92 Å². The first-order valence-electron chi connectivity index (χ1n) is 11.9. The largest absolute Gasteiger partial charge is 0.493 e.